The molecule has 7 heteroatoms. The molecule has 134 valence electrons. The van der Waals surface area contributed by atoms with Gasteiger partial charge in [-0.25, -0.2) is 0 Å². The molecule has 2 fully saturated rings. The third-order valence-electron chi connectivity index (χ3n) is 5.37. The summed E-state index contributed by atoms with van der Waals surface area (Å²) in [6.45, 7) is 8.92. The van der Waals surface area contributed by atoms with Crippen LogP contribution in [0.3, 0.4) is 0 Å². The van der Waals surface area contributed by atoms with Gasteiger partial charge in [0.25, 0.3) is 0 Å². The molecule has 2 unspecified atom stereocenters. The summed E-state index contributed by atoms with van der Waals surface area (Å²) in [5.74, 6) is 1.21. The summed E-state index contributed by atoms with van der Waals surface area (Å²) in [6, 6.07) is 0.861. The van der Waals surface area contributed by atoms with Gasteiger partial charge in [0.2, 0.25) is 5.91 Å². The normalized spacial score (nSPS) is 26.1. The molecule has 2 saturated heterocycles. The van der Waals surface area contributed by atoms with E-state index < -0.39 is 0 Å². The van der Waals surface area contributed by atoms with Crippen molar-refractivity contribution < 1.29 is 9.53 Å². The van der Waals surface area contributed by atoms with Gasteiger partial charge >= 0.3 is 0 Å². The molecule has 2 aliphatic rings. The summed E-state index contributed by atoms with van der Waals surface area (Å²) in [6.07, 6.45) is 5.98. The van der Waals surface area contributed by atoms with Gasteiger partial charge < -0.3 is 14.6 Å². The number of likely N-dealkylation sites (tertiary alicyclic amines) is 1. The second-order valence-electron chi connectivity index (χ2n) is 7.33. The molecule has 0 bridgehead atoms. The summed E-state index contributed by atoms with van der Waals surface area (Å²) in [5.41, 5.74) is 0. The summed E-state index contributed by atoms with van der Waals surface area (Å²) in [5, 5.41) is 10.8. The van der Waals surface area contributed by atoms with E-state index in [-0.39, 0.29) is 11.9 Å². The second-order valence-corrected chi connectivity index (χ2v) is 7.33. The minimum absolute atomic E-state index is 0.119. The van der Waals surface area contributed by atoms with Crippen LogP contribution in [-0.4, -0.2) is 64.0 Å². The highest BCUT2D eigenvalue weighted by Gasteiger charge is 2.38. The van der Waals surface area contributed by atoms with E-state index in [1.165, 1.54) is 0 Å². The van der Waals surface area contributed by atoms with Crippen LogP contribution in [-0.2, 0) is 16.1 Å². The van der Waals surface area contributed by atoms with Crippen LogP contribution < -0.4 is 5.32 Å². The van der Waals surface area contributed by atoms with Gasteiger partial charge in [-0.3, -0.25) is 9.69 Å². The highest BCUT2D eigenvalue weighted by atomic mass is 16.5. The Hall–Kier alpha value is -1.47. The summed E-state index contributed by atoms with van der Waals surface area (Å²) >= 11 is 0. The number of amides is 1. The highest BCUT2D eigenvalue weighted by Crippen LogP contribution is 2.28. The monoisotopic (exact) mass is 335 g/mol. The maximum absolute atomic E-state index is 12.3. The van der Waals surface area contributed by atoms with Gasteiger partial charge in [-0.05, 0) is 24.7 Å². The molecule has 0 spiro atoms. The zero-order valence-corrected chi connectivity index (χ0v) is 14.7. The average Bonchev–Trinajstić information content (AvgIpc) is 3.23. The molecular formula is C17H29N5O2. The number of nitrogens with zero attached hydrogens (tertiary/aromatic N) is 4. The SMILES string of the molecule is CC(C)C1CN(C2CCOCC2)CC1NC(=O)CCn1cnnc1. The molecule has 7 nitrogen and oxygen atoms in total. The predicted molar refractivity (Wildman–Crippen MR) is 90.3 cm³/mol. The molecule has 0 aromatic carbocycles. The molecule has 0 radical (unpaired) electrons. The van der Waals surface area contributed by atoms with Crippen LogP contribution in [0.5, 0.6) is 0 Å². The fourth-order valence-corrected chi connectivity index (χ4v) is 3.88. The number of ether oxygens (including phenoxy) is 1. The number of aromatic nitrogens is 3. The van der Waals surface area contributed by atoms with Gasteiger partial charge in [-0.1, -0.05) is 13.8 Å². The Morgan fingerprint density at radius 1 is 1.25 bits per heavy atom. The lowest BCUT2D eigenvalue weighted by Crippen LogP contribution is -2.43. The van der Waals surface area contributed by atoms with E-state index in [4.69, 9.17) is 4.74 Å². The Bertz CT molecular complexity index is 513. The lowest BCUT2D eigenvalue weighted by atomic mass is 9.91. The zero-order chi connectivity index (χ0) is 16.9. The van der Waals surface area contributed by atoms with Crippen LogP contribution in [0.15, 0.2) is 12.7 Å². The van der Waals surface area contributed by atoms with Gasteiger partial charge in [0.15, 0.2) is 0 Å². The summed E-state index contributed by atoms with van der Waals surface area (Å²) in [7, 11) is 0. The number of carbonyl (C=O) groups is 1. The Morgan fingerprint density at radius 3 is 2.62 bits per heavy atom. The van der Waals surface area contributed by atoms with Crippen molar-refractivity contribution in [3.8, 4) is 0 Å². The molecule has 24 heavy (non-hydrogen) atoms. The summed E-state index contributed by atoms with van der Waals surface area (Å²) < 4.78 is 7.32. The second kappa shape index (κ2) is 8.07. The summed E-state index contributed by atoms with van der Waals surface area (Å²) in [4.78, 5) is 14.9. The van der Waals surface area contributed by atoms with Crippen LogP contribution in [0.25, 0.3) is 0 Å². The quantitative estimate of drug-likeness (QED) is 0.837. The number of rotatable bonds is 6. The first-order valence-electron chi connectivity index (χ1n) is 9.07. The minimum Gasteiger partial charge on any atom is -0.381 e. The van der Waals surface area contributed by atoms with Crippen molar-refractivity contribution in [1.29, 1.82) is 0 Å². The highest BCUT2D eigenvalue weighted by molar-refractivity contribution is 5.76. The van der Waals surface area contributed by atoms with Crippen molar-refractivity contribution in [3.05, 3.63) is 12.7 Å². The van der Waals surface area contributed by atoms with E-state index in [0.29, 0.717) is 30.8 Å². The molecule has 2 aliphatic heterocycles. The number of aryl methyl sites for hydroxylation is 1. The maximum atomic E-state index is 12.3. The van der Waals surface area contributed by atoms with Crippen molar-refractivity contribution in [2.24, 2.45) is 11.8 Å². The first-order chi connectivity index (χ1) is 11.6. The fourth-order valence-electron chi connectivity index (χ4n) is 3.88. The fraction of sp³-hybridized carbons (Fsp3) is 0.824. The van der Waals surface area contributed by atoms with E-state index in [2.05, 4.69) is 34.3 Å². The van der Waals surface area contributed by atoms with Crippen molar-refractivity contribution in [3.63, 3.8) is 0 Å². The Labute approximate surface area is 143 Å². The number of hydrogen-bond donors (Lipinski definition) is 1. The largest absolute Gasteiger partial charge is 0.381 e. The maximum Gasteiger partial charge on any atom is 0.222 e. The van der Waals surface area contributed by atoms with Crippen LogP contribution in [0, 0.1) is 11.8 Å². The van der Waals surface area contributed by atoms with Crippen molar-refractivity contribution >= 4 is 5.91 Å². The smallest absolute Gasteiger partial charge is 0.222 e. The van der Waals surface area contributed by atoms with Crippen LogP contribution in [0.4, 0.5) is 0 Å². The van der Waals surface area contributed by atoms with Crippen molar-refractivity contribution in [1.82, 2.24) is 25.0 Å². The lowest BCUT2D eigenvalue weighted by Gasteiger charge is -2.31. The van der Waals surface area contributed by atoms with E-state index in [9.17, 15) is 4.79 Å². The predicted octanol–water partition coefficient (Wildman–Crippen LogP) is 0.920. The molecule has 1 aromatic rings. The van der Waals surface area contributed by atoms with Gasteiger partial charge in [-0.15, -0.1) is 10.2 Å². The number of nitrogens with one attached hydrogen (secondary N) is 1. The molecule has 1 aromatic heterocycles. The molecule has 1 amide bonds. The standard InChI is InChI=1S/C17H29N5O2/c1-13(2)15-9-22(14-4-7-24-8-5-14)10-16(15)20-17(23)3-6-21-11-18-19-12-21/h11-16H,3-10H2,1-2H3,(H,20,23). The third-order valence-corrected chi connectivity index (χ3v) is 5.37. The lowest BCUT2D eigenvalue weighted by molar-refractivity contribution is -0.122. The molecule has 3 heterocycles. The molecule has 0 saturated carbocycles. The van der Waals surface area contributed by atoms with Gasteiger partial charge in [0, 0.05) is 51.4 Å². The average molecular weight is 335 g/mol. The third kappa shape index (κ3) is 4.33. The van der Waals surface area contributed by atoms with Gasteiger partial charge in [0.1, 0.15) is 12.7 Å². The van der Waals surface area contributed by atoms with Gasteiger partial charge in [0.05, 0.1) is 0 Å². The Morgan fingerprint density at radius 2 is 1.96 bits per heavy atom. The van der Waals surface area contributed by atoms with Crippen LogP contribution in [0.1, 0.15) is 33.1 Å². The Balaban J connectivity index is 1.52. The zero-order valence-electron chi connectivity index (χ0n) is 14.7. The molecular weight excluding hydrogens is 306 g/mol. The topological polar surface area (TPSA) is 72.3 Å². The minimum atomic E-state index is 0.119. The van der Waals surface area contributed by atoms with Crippen molar-refractivity contribution in [2.75, 3.05) is 26.3 Å². The van der Waals surface area contributed by atoms with Crippen LogP contribution >= 0.6 is 0 Å². The number of carbonyl (C=O) groups excluding carboxylic acids is 1. The molecule has 1 N–H and O–H groups in total. The molecule has 2 atom stereocenters. The first kappa shape index (κ1) is 17.4. The Kier molecular flexibility index (Phi) is 5.84. The molecule has 3 rings (SSSR count). The van der Waals surface area contributed by atoms with E-state index in [0.717, 1.165) is 39.1 Å². The number of hydrogen-bond acceptors (Lipinski definition) is 5. The van der Waals surface area contributed by atoms with Crippen LogP contribution in [0.2, 0.25) is 0 Å². The molecule has 0 aliphatic carbocycles. The van der Waals surface area contributed by atoms with E-state index >= 15 is 0 Å². The van der Waals surface area contributed by atoms with Gasteiger partial charge in [-0.2, -0.15) is 0 Å². The van der Waals surface area contributed by atoms with E-state index in [1.54, 1.807) is 12.7 Å². The first-order valence-corrected chi connectivity index (χ1v) is 9.07. The van der Waals surface area contributed by atoms with E-state index in [1.807, 2.05) is 4.57 Å². The van der Waals surface area contributed by atoms with Crippen molar-refractivity contribution in [2.45, 2.75) is 51.7 Å².